The molecular weight excluding hydrogens is 168 g/mol. The third-order valence-electron chi connectivity index (χ3n) is 5.83. The summed E-state index contributed by atoms with van der Waals surface area (Å²) >= 11 is 0. The predicted molar refractivity (Wildman–Crippen MR) is 60.0 cm³/mol. The number of hydrogen-bond donors (Lipinski definition) is 0. The molecule has 0 aromatic rings. The van der Waals surface area contributed by atoms with Crippen molar-refractivity contribution in [1.82, 2.24) is 0 Å². The van der Waals surface area contributed by atoms with E-state index in [0.29, 0.717) is 0 Å². The summed E-state index contributed by atoms with van der Waals surface area (Å²) in [7, 11) is 0. The largest absolute Gasteiger partial charge is 0.0651 e. The van der Waals surface area contributed by atoms with E-state index in [-0.39, 0.29) is 0 Å². The molecule has 0 heterocycles. The highest BCUT2D eigenvalue weighted by Gasteiger charge is 2.70. The maximum Gasteiger partial charge on any atom is -0.0256 e. The Balaban J connectivity index is 1.65. The topological polar surface area (TPSA) is 0 Å². The molecule has 4 fully saturated rings. The van der Waals surface area contributed by atoms with Crippen LogP contribution in [0.5, 0.6) is 0 Å². The van der Waals surface area contributed by atoms with Gasteiger partial charge < -0.3 is 0 Å². The minimum absolute atomic E-state index is 0.905. The zero-order valence-electron chi connectivity index (χ0n) is 9.92. The van der Waals surface area contributed by atoms with E-state index < -0.39 is 0 Å². The van der Waals surface area contributed by atoms with Crippen molar-refractivity contribution in [3.05, 3.63) is 0 Å². The molecule has 4 aliphatic rings. The maximum atomic E-state index is 2.49. The molecule has 0 radical (unpaired) electrons. The van der Waals surface area contributed by atoms with E-state index >= 15 is 0 Å². The molecule has 4 rings (SSSR count). The number of fused-ring (bicyclic) bond motifs is 1. The summed E-state index contributed by atoms with van der Waals surface area (Å²) in [5, 5.41) is 0. The first-order chi connectivity index (χ1) is 6.66. The summed E-state index contributed by atoms with van der Waals surface area (Å²) in [6.45, 7) is 7.28. The van der Waals surface area contributed by atoms with Crippen LogP contribution in [0, 0.1) is 35.0 Å². The summed E-state index contributed by atoms with van der Waals surface area (Å²) in [6.07, 6.45) is 7.72. The highest BCUT2D eigenvalue weighted by Crippen LogP contribution is 2.78. The Labute approximate surface area is 88.5 Å². The van der Waals surface area contributed by atoms with Crippen molar-refractivity contribution in [2.45, 2.75) is 52.9 Å². The first-order valence-electron chi connectivity index (χ1n) is 6.66. The molecule has 4 aliphatic carbocycles. The van der Waals surface area contributed by atoms with Crippen molar-refractivity contribution in [2.24, 2.45) is 35.0 Å². The third kappa shape index (κ3) is 0.955. The fraction of sp³-hybridized carbons (Fsp3) is 1.00. The second-order valence-electron chi connectivity index (χ2n) is 6.65. The summed E-state index contributed by atoms with van der Waals surface area (Å²) in [6, 6.07) is 0. The van der Waals surface area contributed by atoms with Gasteiger partial charge in [-0.25, -0.2) is 0 Å². The predicted octanol–water partition coefficient (Wildman–Crippen LogP) is 4.10. The molecule has 0 aromatic carbocycles. The van der Waals surface area contributed by atoms with E-state index in [4.69, 9.17) is 0 Å². The molecule has 14 heavy (non-hydrogen) atoms. The van der Waals surface area contributed by atoms with Crippen LogP contribution in [0.1, 0.15) is 52.9 Å². The van der Waals surface area contributed by atoms with E-state index in [1.54, 1.807) is 19.3 Å². The monoisotopic (exact) mass is 192 g/mol. The van der Waals surface area contributed by atoms with Gasteiger partial charge in [-0.05, 0) is 60.7 Å². The average Bonchev–Trinajstić information content (AvgIpc) is 2.55. The molecule has 0 aliphatic heterocycles. The highest BCUT2D eigenvalue weighted by atomic mass is 14.7. The number of rotatable bonds is 3. The van der Waals surface area contributed by atoms with Crippen molar-refractivity contribution in [1.29, 1.82) is 0 Å². The second kappa shape index (κ2) is 2.77. The maximum absolute atomic E-state index is 2.49. The molecule has 80 valence electrons. The van der Waals surface area contributed by atoms with Gasteiger partial charge in [0.15, 0.2) is 0 Å². The summed E-state index contributed by atoms with van der Waals surface area (Å²) in [4.78, 5) is 0. The van der Waals surface area contributed by atoms with Gasteiger partial charge in [0, 0.05) is 0 Å². The van der Waals surface area contributed by atoms with Crippen LogP contribution in [0.3, 0.4) is 0 Å². The fourth-order valence-electron chi connectivity index (χ4n) is 5.26. The van der Waals surface area contributed by atoms with Gasteiger partial charge in [0.05, 0.1) is 0 Å². The Morgan fingerprint density at radius 3 is 2.64 bits per heavy atom. The first kappa shape index (κ1) is 9.24. The molecule has 0 N–H and O–H groups in total. The smallest absolute Gasteiger partial charge is 0.0256 e. The lowest BCUT2D eigenvalue weighted by atomic mass is 9.43. The molecule has 1 spiro atoms. The minimum Gasteiger partial charge on any atom is -0.0651 e. The quantitative estimate of drug-likeness (QED) is 0.631. The van der Waals surface area contributed by atoms with Gasteiger partial charge >= 0.3 is 0 Å². The lowest BCUT2D eigenvalue weighted by Gasteiger charge is -2.61. The van der Waals surface area contributed by atoms with Crippen LogP contribution in [0.15, 0.2) is 0 Å². The van der Waals surface area contributed by atoms with Crippen molar-refractivity contribution in [3.8, 4) is 0 Å². The van der Waals surface area contributed by atoms with Crippen LogP contribution >= 0.6 is 0 Å². The molecule has 0 saturated heterocycles. The molecule has 0 nitrogen and oxygen atoms in total. The number of hydrogen-bond acceptors (Lipinski definition) is 0. The van der Waals surface area contributed by atoms with E-state index in [9.17, 15) is 0 Å². The zero-order chi connectivity index (χ0) is 9.92. The Hall–Kier alpha value is 0. The molecule has 6 unspecified atom stereocenters. The summed E-state index contributed by atoms with van der Waals surface area (Å²) in [5.74, 6) is 5.52. The van der Waals surface area contributed by atoms with Crippen LogP contribution in [0.25, 0.3) is 0 Å². The standard InChI is InChI=1S/C14H24/c1-4-9(2)5-11-7-14-6-10(3)13(14)12(11)8-14/h9-13H,4-8H2,1-3H3. The Kier molecular flexibility index (Phi) is 1.83. The molecule has 2 bridgehead atoms. The van der Waals surface area contributed by atoms with Gasteiger partial charge in [-0.3, -0.25) is 0 Å². The summed E-state index contributed by atoms with van der Waals surface area (Å²) in [5.41, 5.74) is 0.905. The lowest BCUT2D eigenvalue weighted by Crippen LogP contribution is -2.54. The Bertz CT molecular complexity index is 244. The average molecular weight is 192 g/mol. The van der Waals surface area contributed by atoms with E-state index in [2.05, 4.69) is 20.8 Å². The van der Waals surface area contributed by atoms with E-state index in [1.807, 2.05) is 0 Å². The zero-order valence-corrected chi connectivity index (χ0v) is 9.92. The van der Waals surface area contributed by atoms with Crippen LogP contribution in [-0.4, -0.2) is 0 Å². The fourth-order valence-corrected chi connectivity index (χ4v) is 5.26. The minimum atomic E-state index is 0.905. The second-order valence-corrected chi connectivity index (χ2v) is 6.65. The Morgan fingerprint density at radius 2 is 2.07 bits per heavy atom. The van der Waals surface area contributed by atoms with Gasteiger partial charge in [-0.15, -0.1) is 0 Å². The molecule has 4 saturated carbocycles. The first-order valence-corrected chi connectivity index (χ1v) is 6.66. The van der Waals surface area contributed by atoms with E-state index in [0.717, 1.165) is 29.1 Å². The van der Waals surface area contributed by atoms with Crippen LogP contribution in [0.2, 0.25) is 0 Å². The van der Waals surface area contributed by atoms with Crippen LogP contribution in [0.4, 0.5) is 0 Å². The van der Waals surface area contributed by atoms with Crippen molar-refractivity contribution >= 4 is 0 Å². The van der Waals surface area contributed by atoms with Crippen LogP contribution in [-0.2, 0) is 0 Å². The normalized spacial score (nSPS) is 55.9. The van der Waals surface area contributed by atoms with Crippen molar-refractivity contribution in [2.75, 3.05) is 0 Å². The van der Waals surface area contributed by atoms with Crippen LogP contribution < -0.4 is 0 Å². The molecular formula is C14H24. The van der Waals surface area contributed by atoms with Crippen molar-refractivity contribution < 1.29 is 0 Å². The van der Waals surface area contributed by atoms with Gasteiger partial charge in [-0.1, -0.05) is 27.2 Å². The van der Waals surface area contributed by atoms with Gasteiger partial charge in [-0.2, -0.15) is 0 Å². The lowest BCUT2D eigenvalue weighted by molar-refractivity contribution is -0.127. The van der Waals surface area contributed by atoms with E-state index in [1.165, 1.54) is 18.8 Å². The molecule has 6 atom stereocenters. The Morgan fingerprint density at radius 1 is 1.29 bits per heavy atom. The SMILES string of the molecule is CCC(C)CC1CC23CC(C)C2C1C3. The van der Waals surface area contributed by atoms with Gasteiger partial charge in [0.25, 0.3) is 0 Å². The molecule has 0 amide bonds. The molecule has 0 aromatic heterocycles. The van der Waals surface area contributed by atoms with Gasteiger partial charge in [0.2, 0.25) is 0 Å². The third-order valence-corrected chi connectivity index (χ3v) is 5.83. The van der Waals surface area contributed by atoms with Crippen molar-refractivity contribution in [3.63, 3.8) is 0 Å². The molecule has 0 heteroatoms. The summed E-state index contributed by atoms with van der Waals surface area (Å²) < 4.78 is 0. The van der Waals surface area contributed by atoms with Gasteiger partial charge in [0.1, 0.15) is 0 Å². The highest BCUT2D eigenvalue weighted by molar-refractivity contribution is 5.19.